The highest BCUT2D eigenvalue weighted by Crippen LogP contribution is 2.38. The molecule has 7 nitrogen and oxygen atoms in total. The summed E-state index contributed by atoms with van der Waals surface area (Å²) in [6.45, 7) is 0.678. The van der Waals surface area contributed by atoms with Crippen molar-refractivity contribution in [1.82, 2.24) is 4.98 Å². The molecule has 2 aromatic heterocycles. The molecule has 0 spiro atoms. The van der Waals surface area contributed by atoms with Crippen LogP contribution in [0.2, 0.25) is 0 Å². The van der Waals surface area contributed by atoms with Crippen LogP contribution in [0.3, 0.4) is 0 Å². The quantitative estimate of drug-likeness (QED) is 0.274. The van der Waals surface area contributed by atoms with Crippen molar-refractivity contribution >= 4 is 33.0 Å². The molecular weight excluding hydrogens is 483 g/mol. The third-order valence-corrected chi connectivity index (χ3v) is 6.62. The number of methoxy groups -OCH3 is 2. The van der Waals surface area contributed by atoms with Crippen LogP contribution < -0.4 is 19.9 Å². The average Bonchev–Trinajstić information content (AvgIpc) is 3.35. The van der Waals surface area contributed by atoms with Crippen LogP contribution in [0.1, 0.15) is 33.7 Å². The van der Waals surface area contributed by atoms with E-state index in [-0.39, 0.29) is 35.9 Å². The van der Waals surface area contributed by atoms with Crippen molar-refractivity contribution in [3.8, 4) is 28.5 Å². The van der Waals surface area contributed by atoms with Gasteiger partial charge in [0.15, 0.2) is 23.1 Å². The fraction of sp³-hybridized carbons (Fsp3) is 0.222. The van der Waals surface area contributed by atoms with Crippen molar-refractivity contribution in [3.63, 3.8) is 0 Å². The highest BCUT2D eigenvalue weighted by molar-refractivity contribution is 7.17. The van der Waals surface area contributed by atoms with Crippen LogP contribution >= 0.6 is 11.3 Å². The number of ketones is 2. The number of nitrogens with zero attached hydrogens (tertiary/aromatic N) is 1. The highest BCUT2D eigenvalue weighted by Gasteiger charge is 2.19. The van der Waals surface area contributed by atoms with Crippen molar-refractivity contribution in [2.75, 3.05) is 27.4 Å². The molecule has 0 amide bonds. The van der Waals surface area contributed by atoms with Crippen LogP contribution in [0, 0.1) is 5.82 Å². The number of ether oxygens (including phenoxy) is 3. The maximum atomic E-state index is 14.2. The predicted molar refractivity (Wildman–Crippen MR) is 137 cm³/mol. The number of nitrogens with two attached hydrogens (primary N) is 1. The molecule has 0 aliphatic heterocycles. The molecule has 0 saturated heterocycles. The number of thiophene rings is 1. The first-order valence-corrected chi connectivity index (χ1v) is 12.1. The fourth-order valence-electron chi connectivity index (χ4n) is 3.79. The number of hydrogen-bond donors (Lipinski definition) is 1. The van der Waals surface area contributed by atoms with Crippen LogP contribution in [-0.4, -0.2) is 43.9 Å². The lowest BCUT2D eigenvalue weighted by atomic mass is 10.0. The Hall–Kier alpha value is -3.82. The minimum atomic E-state index is -0.316. The molecule has 2 N–H and O–H groups in total. The lowest BCUT2D eigenvalue weighted by Crippen LogP contribution is -2.11. The Labute approximate surface area is 211 Å². The number of halogens is 1. The van der Waals surface area contributed by atoms with Crippen molar-refractivity contribution in [3.05, 3.63) is 71.0 Å². The molecule has 36 heavy (non-hydrogen) atoms. The summed E-state index contributed by atoms with van der Waals surface area (Å²) in [5.74, 6) is 0.570. The summed E-state index contributed by atoms with van der Waals surface area (Å²) < 4.78 is 31.0. The smallest absolute Gasteiger partial charge is 0.181 e. The number of benzene rings is 2. The third-order valence-electron chi connectivity index (χ3n) is 5.61. The van der Waals surface area contributed by atoms with E-state index in [2.05, 4.69) is 4.98 Å². The molecule has 0 aliphatic carbocycles. The maximum absolute atomic E-state index is 14.2. The van der Waals surface area contributed by atoms with Crippen LogP contribution in [0.5, 0.6) is 17.2 Å². The van der Waals surface area contributed by atoms with E-state index in [4.69, 9.17) is 19.9 Å². The Morgan fingerprint density at radius 2 is 1.72 bits per heavy atom. The first-order valence-electron chi connectivity index (χ1n) is 11.2. The molecule has 0 unspecified atom stereocenters. The zero-order valence-electron chi connectivity index (χ0n) is 19.9. The van der Waals surface area contributed by atoms with Crippen LogP contribution in [0.25, 0.3) is 21.3 Å². The van der Waals surface area contributed by atoms with E-state index < -0.39 is 0 Å². The number of carbonyl (C=O) groups is 2. The average molecular weight is 509 g/mol. The van der Waals surface area contributed by atoms with Gasteiger partial charge in [0.05, 0.1) is 18.9 Å². The Morgan fingerprint density at radius 1 is 0.972 bits per heavy atom. The third kappa shape index (κ3) is 5.22. The molecule has 0 aliphatic rings. The van der Waals surface area contributed by atoms with Crippen molar-refractivity contribution < 1.29 is 28.2 Å². The van der Waals surface area contributed by atoms with Gasteiger partial charge in [-0.05, 0) is 36.4 Å². The van der Waals surface area contributed by atoms with E-state index in [0.29, 0.717) is 57.3 Å². The Bertz CT molecular complexity index is 1420. The number of aromatic nitrogens is 1. The zero-order chi connectivity index (χ0) is 25.7. The van der Waals surface area contributed by atoms with E-state index in [0.717, 1.165) is 0 Å². The minimum absolute atomic E-state index is 0.000622. The van der Waals surface area contributed by atoms with Gasteiger partial charge in [-0.25, -0.2) is 9.37 Å². The summed E-state index contributed by atoms with van der Waals surface area (Å²) in [6.07, 6.45) is -0.0228. The standard InChI is InChI=1S/C27H25FN2O5S/c1-33-24-11-7-20(30-26(24)18-15-36-27-17(18)4-3-5-19(27)28)22(32)9-8-21(31)16-6-10-23(35-13-12-29)25(14-16)34-2/h3-7,10-11,14-15H,8-9,12-13,29H2,1-2H3. The molecule has 0 atom stereocenters. The van der Waals surface area contributed by atoms with Gasteiger partial charge in [-0.3, -0.25) is 9.59 Å². The normalized spacial score (nSPS) is 10.9. The van der Waals surface area contributed by atoms with Gasteiger partial charge in [0.1, 0.15) is 29.6 Å². The monoisotopic (exact) mass is 508 g/mol. The second-order valence-corrected chi connectivity index (χ2v) is 8.74. The largest absolute Gasteiger partial charge is 0.494 e. The van der Waals surface area contributed by atoms with Gasteiger partial charge in [0.2, 0.25) is 0 Å². The number of hydrogen-bond acceptors (Lipinski definition) is 8. The first kappa shape index (κ1) is 25.3. The SMILES string of the molecule is COc1cc(C(=O)CCC(=O)c2ccc(OC)c(-c3csc4c(F)cccc34)n2)ccc1OCCN. The number of rotatable bonds is 11. The molecule has 0 radical (unpaired) electrons. The van der Waals surface area contributed by atoms with Crippen LogP contribution in [0.4, 0.5) is 4.39 Å². The van der Waals surface area contributed by atoms with Crippen molar-refractivity contribution in [1.29, 1.82) is 0 Å². The van der Waals surface area contributed by atoms with E-state index in [1.54, 1.807) is 47.8 Å². The lowest BCUT2D eigenvalue weighted by molar-refractivity contribution is 0.0915. The molecule has 9 heteroatoms. The first-order chi connectivity index (χ1) is 17.5. The molecule has 186 valence electrons. The summed E-state index contributed by atoms with van der Waals surface area (Å²) in [5.41, 5.74) is 7.21. The van der Waals surface area contributed by atoms with Crippen LogP contribution in [0.15, 0.2) is 53.9 Å². The molecule has 0 fully saturated rings. The Morgan fingerprint density at radius 3 is 2.47 bits per heavy atom. The van der Waals surface area contributed by atoms with Gasteiger partial charge in [0, 0.05) is 41.3 Å². The number of fused-ring (bicyclic) bond motifs is 1. The molecular formula is C27H25FN2O5S. The number of carbonyl (C=O) groups excluding carboxylic acids is 2. The zero-order valence-corrected chi connectivity index (χ0v) is 20.7. The Kier molecular flexibility index (Phi) is 7.92. The molecule has 2 heterocycles. The number of Topliss-reactive ketones (excluding diaryl/α,β-unsaturated/α-hetero) is 2. The second kappa shape index (κ2) is 11.3. The minimum Gasteiger partial charge on any atom is -0.494 e. The summed E-state index contributed by atoms with van der Waals surface area (Å²) in [4.78, 5) is 30.2. The maximum Gasteiger partial charge on any atom is 0.181 e. The second-order valence-electron chi connectivity index (χ2n) is 7.86. The summed E-state index contributed by atoms with van der Waals surface area (Å²) >= 11 is 1.26. The van der Waals surface area contributed by atoms with E-state index in [9.17, 15) is 14.0 Å². The summed E-state index contributed by atoms with van der Waals surface area (Å²) in [6, 6.07) is 12.9. The van der Waals surface area contributed by atoms with Gasteiger partial charge >= 0.3 is 0 Å². The molecule has 0 saturated carbocycles. The van der Waals surface area contributed by atoms with Crippen molar-refractivity contribution in [2.24, 2.45) is 5.73 Å². The van der Waals surface area contributed by atoms with E-state index in [1.807, 2.05) is 0 Å². The van der Waals surface area contributed by atoms with E-state index in [1.165, 1.54) is 31.6 Å². The topological polar surface area (TPSA) is 101 Å². The Balaban J connectivity index is 1.52. The molecule has 0 bridgehead atoms. The predicted octanol–water partition coefficient (Wildman–Crippen LogP) is 5.30. The van der Waals surface area contributed by atoms with Crippen molar-refractivity contribution in [2.45, 2.75) is 12.8 Å². The molecule has 4 aromatic rings. The van der Waals surface area contributed by atoms with Gasteiger partial charge in [-0.2, -0.15) is 0 Å². The summed E-state index contributed by atoms with van der Waals surface area (Å²) in [5, 5.41) is 2.49. The van der Waals surface area contributed by atoms with Crippen LogP contribution in [-0.2, 0) is 0 Å². The number of pyridine rings is 1. The summed E-state index contributed by atoms with van der Waals surface area (Å²) in [7, 11) is 3.00. The highest BCUT2D eigenvalue weighted by atomic mass is 32.1. The van der Waals surface area contributed by atoms with E-state index >= 15 is 0 Å². The van der Waals surface area contributed by atoms with Gasteiger partial charge < -0.3 is 19.9 Å². The lowest BCUT2D eigenvalue weighted by Gasteiger charge is -2.11. The fourth-order valence-corrected chi connectivity index (χ4v) is 4.75. The van der Waals surface area contributed by atoms with Gasteiger partial charge in [0.25, 0.3) is 0 Å². The van der Waals surface area contributed by atoms with Gasteiger partial charge in [-0.15, -0.1) is 11.3 Å². The van der Waals surface area contributed by atoms with Gasteiger partial charge in [-0.1, -0.05) is 12.1 Å². The molecule has 4 rings (SSSR count). The molecule has 2 aromatic carbocycles.